The lowest BCUT2D eigenvalue weighted by atomic mass is 9.94. The first-order valence-corrected chi connectivity index (χ1v) is 5.62. The number of nitrogens with two attached hydrogens (primary N) is 1. The second-order valence-corrected chi connectivity index (χ2v) is 5.12. The summed E-state index contributed by atoms with van der Waals surface area (Å²) in [6, 6.07) is 0.568. The molecule has 0 radical (unpaired) electrons. The summed E-state index contributed by atoms with van der Waals surface area (Å²) in [6.07, 6.45) is 1.21. The predicted molar refractivity (Wildman–Crippen MR) is 63.0 cm³/mol. The molecule has 0 heterocycles. The molecule has 0 aliphatic heterocycles. The molecule has 0 aromatic heterocycles. The molecule has 0 bridgehead atoms. The van der Waals surface area contributed by atoms with Crippen LogP contribution in [-0.4, -0.2) is 18.0 Å². The molecule has 13 heavy (non-hydrogen) atoms. The Morgan fingerprint density at radius 2 is 1.77 bits per heavy atom. The van der Waals surface area contributed by atoms with Crippen molar-refractivity contribution in [3.05, 3.63) is 0 Å². The van der Waals surface area contributed by atoms with Gasteiger partial charge in [-0.15, -0.1) is 0 Å². The number of nitrogens with one attached hydrogen (secondary N) is 1. The van der Waals surface area contributed by atoms with E-state index >= 15 is 0 Å². The summed E-state index contributed by atoms with van der Waals surface area (Å²) in [5.41, 5.74) is 5.57. The van der Waals surface area contributed by atoms with Crippen LogP contribution in [0.1, 0.15) is 34.1 Å². The maximum absolute atomic E-state index is 5.57. The first kappa shape index (κ1) is 13.3. The van der Waals surface area contributed by atoms with Crippen LogP contribution in [0.4, 0.5) is 0 Å². The van der Waals surface area contributed by atoms with Crippen LogP contribution in [0.3, 0.4) is 0 Å². The Morgan fingerprint density at radius 1 is 1.23 bits per heavy atom. The molecule has 0 saturated carbocycles. The van der Waals surface area contributed by atoms with E-state index in [9.17, 15) is 0 Å². The molecule has 3 heteroatoms. The zero-order valence-corrected chi connectivity index (χ0v) is 10.1. The Morgan fingerprint density at radius 3 is 2.08 bits per heavy atom. The van der Waals surface area contributed by atoms with Gasteiger partial charge in [0.15, 0.2) is 0 Å². The van der Waals surface area contributed by atoms with Crippen molar-refractivity contribution in [2.24, 2.45) is 17.6 Å². The third-order valence-corrected chi connectivity index (χ3v) is 2.30. The Hall–Kier alpha value is 0.270. The van der Waals surface area contributed by atoms with E-state index in [-0.39, 0.29) is 5.37 Å². The Kier molecular flexibility index (Phi) is 6.82. The molecular weight excluding hydrogens is 180 g/mol. The maximum Gasteiger partial charge on any atom is 0.0604 e. The van der Waals surface area contributed by atoms with Gasteiger partial charge in [-0.2, -0.15) is 12.6 Å². The van der Waals surface area contributed by atoms with Crippen LogP contribution in [-0.2, 0) is 0 Å². The van der Waals surface area contributed by atoms with Gasteiger partial charge in [0, 0.05) is 12.6 Å². The Balaban J connectivity index is 3.81. The van der Waals surface area contributed by atoms with Crippen molar-refractivity contribution in [1.82, 2.24) is 5.32 Å². The van der Waals surface area contributed by atoms with Crippen LogP contribution in [0.25, 0.3) is 0 Å². The highest BCUT2D eigenvalue weighted by Gasteiger charge is 2.14. The first-order valence-electron chi connectivity index (χ1n) is 5.10. The molecular formula is C10H24N2S. The minimum absolute atomic E-state index is 0.0478. The number of hydrogen-bond acceptors (Lipinski definition) is 3. The van der Waals surface area contributed by atoms with E-state index in [1.807, 2.05) is 0 Å². The van der Waals surface area contributed by atoms with Crippen molar-refractivity contribution < 1.29 is 0 Å². The van der Waals surface area contributed by atoms with Crippen LogP contribution in [0.15, 0.2) is 0 Å². The minimum Gasteiger partial charge on any atom is -0.319 e. The first-order chi connectivity index (χ1) is 5.93. The highest BCUT2D eigenvalue weighted by Crippen LogP contribution is 2.12. The number of thiol groups is 1. The lowest BCUT2D eigenvalue weighted by Crippen LogP contribution is -2.40. The fraction of sp³-hybridized carbons (Fsp3) is 1.00. The molecule has 0 aliphatic rings. The third-order valence-electron chi connectivity index (χ3n) is 2.12. The molecule has 3 N–H and O–H groups in total. The fourth-order valence-electron chi connectivity index (χ4n) is 1.37. The van der Waals surface area contributed by atoms with Gasteiger partial charge in [-0.25, -0.2) is 0 Å². The standard InChI is InChI=1S/C10H24N2S/c1-7(2)5-9(8(3)4)12-6-10(11)13/h7-10,12-13H,5-6,11H2,1-4H3. The van der Waals surface area contributed by atoms with Gasteiger partial charge in [0.05, 0.1) is 5.37 Å². The smallest absolute Gasteiger partial charge is 0.0604 e. The van der Waals surface area contributed by atoms with Gasteiger partial charge in [0.25, 0.3) is 0 Å². The molecule has 0 saturated heterocycles. The van der Waals surface area contributed by atoms with Crippen molar-refractivity contribution in [2.45, 2.75) is 45.5 Å². The third kappa shape index (κ3) is 7.35. The van der Waals surface area contributed by atoms with E-state index in [1.54, 1.807) is 0 Å². The quantitative estimate of drug-likeness (QED) is 0.456. The predicted octanol–water partition coefficient (Wildman–Crippen LogP) is 1.86. The van der Waals surface area contributed by atoms with Crippen molar-refractivity contribution in [3.63, 3.8) is 0 Å². The molecule has 0 fully saturated rings. The Labute approximate surface area is 88.1 Å². The summed E-state index contributed by atoms with van der Waals surface area (Å²) in [5, 5.41) is 3.40. The van der Waals surface area contributed by atoms with Gasteiger partial charge in [0.2, 0.25) is 0 Å². The molecule has 80 valence electrons. The van der Waals surface area contributed by atoms with Crippen LogP contribution in [0.5, 0.6) is 0 Å². The van der Waals surface area contributed by atoms with Gasteiger partial charge in [-0.1, -0.05) is 27.7 Å². The molecule has 0 rings (SSSR count). The largest absolute Gasteiger partial charge is 0.319 e. The average Bonchev–Trinajstić information content (AvgIpc) is 1.96. The monoisotopic (exact) mass is 204 g/mol. The number of rotatable bonds is 6. The van der Waals surface area contributed by atoms with Crippen LogP contribution >= 0.6 is 12.6 Å². The van der Waals surface area contributed by atoms with E-state index in [1.165, 1.54) is 6.42 Å². The molecule has 2 atom stereocenters. The summed E-state index contributed by atoms with van der Waals surface area (Å²) >= 11 is 4.15. The molecule has 0 aliphatic carbocycles. The van der Waals surface area contributed by atoms with Gasteiger partial charge in [-0.3, -0.25) is 0 Å². The lowest BCUT2D eigenvalue weighted by Gasteiger charge is -2.25. The molecule has 2 nitrogen and oxygen atoms in total. The van der Waals surface area contributed by atoms with Gasteiger partial charge >= 0.3 is 0 Å². The summed E-state index contributed by atoms with van der Waals surface area (Å²) in [5.74, 6) is 1.39. The minimum atomic E-state index is -0.0478. The Bertz CT molecular complexity index is 124. The lowest BCUT2D eigenvalue weighted by molar-refractivity contribution is 0.340. The summed E-state index contributed by atoms with van der Waals surface area (Å²) in [7, 11) is 0. The average molecular weight is 204 g/mol. The van der Waals surface area contributed by atoms with Crippen molar-refractivity contribution in [3.8, 4) is 0 Å². The summed E-state index contributed by atoms with van der Waals surface area (Å²) < 4.78 is 0. The zero-order valence-electron chi connectivity index (χ0n) is 9.25. The molecule has 0 aromatic rings. The molecule has 2 unspecified atom stereocenters. The van der Waals surface area contributed by atoms with Crippen LogP contribution < -0.4 is 11.1 Å². The summed E-state index contributed by atoms with van der Waals surface area (Å²) in [6.45, 7) is 9.77. The molecule has 0 amide bonds. The maximum atomic E-state index is 5.57. The number of hydrogen-bond donors (Lipinski definition) is 3. The van der Waals surface area contributed by atoms with Crippen LogP contribution in [0, 0.1) is 11.8 Å². The van der Waals surface area contributed by atoms with Crippen molar-refractivity contribution >= 4 is 12.6 Å². The second kappa shape index (κ2) is 6.68. The van der Waals surface area contributed by atoms with Crippen LogP contribution in [0.2, 0.25) is 0 Å². The van der Waals surface area contributed by atoms with Gasteiger partial charge in [0.1, 0.15) is 0 Å². The van der Waals surface area contributed by atoms with Gasteiger partial charge < -0.3 is 11.1 Å². The topological polar surface area (TPSA) is 38.0 Å². The normalized spacial score (nSPS) is 16.6. The zero-order chi connectivity index (χ0) is 10.4. The highest BCUT2D eigenvalue weighted by atomic mass is 32.1. The van der Waals surface area contributed by atoms with Crippen molar-refractivity contribution in [1.29, 1.82) is 0 Å². The molecule has 0 spiro atoms. The highest BCUT2D eigenvalue weighted by molar-refractivity contribution is 7.80. The van der Waals surface area contributed by atoms with E-state index < -0.39 is 0 Å². The second-order valence-electron chi connectivity index (χ2n) is 4.46. The van der Waals surface area contributed by atoms with Gasteiger partial charge in [-0.05, 0) is 18.3 Å². The van der Waals surface area contributed by atoms with E-state index in [0.29, 0.717) is 12.0 Å². The SMILES string of the molecule is CC(C)CC(NCC(N)S)C(C)C. The van der Waals surface area contributed by atoms with Crippen molar-refractivity contribution in [2.75, 3.05) is 6.54 Å². The van der Waals surface area contributed by atoms with E-state index in [0.717, 1.165) is 12.5 Å². The fourth-order valence-corrected chi connectivity index (χ4v) is 1.48. The van der Waals surface area contributed by atoms with E-state index in [4.69, 9.17) is 5.73 Å². The molecule has 0 aromatic carbocycles. The summed E-state index contributed by atoms with van der Waals surface area (Å²) in [4.78, 5) is 0. The van der Waals surface area contributed by atoms with E-state index in [2.05, 4.69) is 45.6 Å².